The maximum Gasteiger partial charge on any atom is 0.254 e. The molecule has 0 radical (unpaired) electrons. The van der Waals surface area contributed by atoms with Crippen molar-refractivity contribution in [2.45, 2.75) is 38.6 Å². The fraction of sp³-hybridized carbons (Fsp3) is 0.273. The molecule has 3 aromatic rings. The van der Waals surface area contributed by atoms with Gasteiger partial charge in [0.15, 0.2) is 0 Å². The van der Waals surface area contributed by atoms with Crippen LogP contribution in [0.3, 0.4) is 0 Å². The van der Waals surface area contributed by atoms with Gasteiger partial charge in [-0.05, 0) is 61.6 Å². The fourth-order valence-corrected chi connectivity index (χ4v) is 3.79. The van der Waals surface area contributed by atoms with Gasteiger partial charge in [0.2, 0.25) is 5.91 Å². The van der Waals surface area contributed by atoms with Gasteiger partial charge in [-0.15, -0.1) is 0 Å². The summed E-state index contributed by atoms with van der Waals surface area (Å²) in [5.74, 6) is 0.0928. The minimum Gasteiger partial charge on any atom is -0.349 e. The largest absolute Gasteiger partial charge is 0.349 e. The van der Waals surface area contributed by atoms with E-state index < -0.39 is 0 Å². The number of carbonyl (C=O) groups excluding carboxylic acids is 1. The van der Waals surface area contributed by atoms with Crippen LogP contribution in [0, 0.1) is 12.7 Å². The highest BCUT2D eigenvalue weighted by molar-refractivity contribution is 5.77. The number of fused-ring (bicyclic) bond motifs is 1. The minimum absolute atomic E-state index is 0.107. The molecule has 2 N–H and O–H groups in total. The molecule has 1 aliphatic rings. The number of amides is 1. The van der Waals surface area contributed by atoms with E-state index in [-0.39, 0.29) is 29.7 Å². The first-order chi connectivity index (χ1) is 14.0. The van der Waals surface area contributed by atoms with Crippen LogP contribution in [0.1, 0.15) is 41.3 Å². The van der Waals surface area contributed by atoms with Gasteiger partial charge in [-0.25, -0.2) is 9.37 Å². The zero-order valence-corrected chi connectivity index (χ0v) is 16.0. The molecule has 0 fully saturated rings. The van der Waals surface area contributed by atoms with Crippen LogP contribution in [-0.4, -0.2) is 20.9 Å². The summed E-state index contributed by atoms with van der Waals surface area (Å²) in [5, 5.41) is 3.00. The Bertz CT molecular complexity index is 1110. The van der Waals surface area contributed by atoms with Gasteiger partial charge in [-0.1, -0.05) is 6.07 Å². The number of hydrogen-bond acceptors (Lipinski definition) is 4. The molecular weight excluding hydrogens is 371 g/mol. The lowest BCUT2D eigenvalue weighted by molar-refractivity contribution is -0.121. The average molecular weight is 392 g/mol. The molecule has 0 saturated heterocycles. The summed E-state index contributed by atoms with van der Waals surface area (Å²) in [4.78, 5) is 36.2. The number of nitrogens with zero attached hydrogens (tertiary/aromatic N) is 2. The summed E-state index contributed by atoms with van der Waals surface area (Å²) in [7, 11) is 0. The Kier molecular flexibility index (Phi) is 5.20. The van der Waals surface area contributed by atoms with E-state index in [0.29, 0.717) is 23.5 Å². The minimum atomic E-state index is -0.256. The second kappa shape index (κ2) is 7.95. The lowest BCUT2D eigenvalue weighted by Crippen LogP contribution is -2.28. The van der Waals surface area contributed by atoms with Crippen molar-refractivity contribution in [2.75, 3.05) is 0 Å². The van der Waals surface area contributed by atoms with Crippen LogP contribution < -0.4 is 10.9 Å². The van der Waals surface area contributed by atoms with Gasteiger partial charge >= 0.3 is 0 Å². The molecule has 0 spiro atoms. The van der Waals surface area contributed by atoms with Crippen molar-refractivity contribution in [3.05, 3.63) is 81.3 Å². The van der Waals surface area contributed by atoms with Gasteiger partial charge < -0.3 is 10.3 Å². The van der Waals surface area contributed by atoms with Crippen molar-refractivity contribution < 1.29 is 9.18 Å². The molecule has 4 rings (SSSR count). The zero-order valence-electron chi connectivity index (χ0n) is 16.0. The van der Waals surface area contributed by atoms with Crippen LogP contribution in [0.5, 0.6) is 0 Å². The molecular formula is C22H21FN4O2. The van der Waals surface area contributed by atoms with Crippen molar-refractivity contribution in [3.8, 4) is 11.4 Å². The Hall–Kier alpha value is -3.35. The van der Waals surface area contributed by atoms with Crippen molar-refractivity contribution in [3.63, 3.8) is 0 Å². The molecule has 1 aromatic carbocycles. The number of benzene rings is 1. The Morgan fingerprint density at radius 3 is 2.83 bits per heavy atom. The second-order valence-corrected chi connectivity index (χ2v) is 7.22. The summed E-state index contributed by atoms with van der Waals surface area (Å²) in [6.07, 6.45) is 5.27. The first-order valence-corrected chi connectivity index (χ1v) is 9.59. The third-order valence-electron chi connectivity index (χ3n) is 5.30. The van der Waals surface area contributed by atoms with E-state index in [4.69, 9.17) is 0 Å². The molecule has 29 heavy (non-hydrogen) atoms. The van der Waals surface area contributed by atoms with Crippen LogP contribution in [0.4, 0.5) is 4.39 Å². The Labute approximate surface area is 167 Å². The number of aryl methyl sites for hydroxylation is 2. The molecule has 6 nitrogen and oxygen atoms in total. The predicted molar refractivity (Wildman–Crippen MR) is 107 cm³/mol. The van der Waals surface area contributed by atoms with Crippen LogP contribution in [-0.2, 0) is 17.6 Å². The summed E-state index contributed by atoms with van der Waals surface area (Å²) < 4.78 is 13.3. The normalized spacial score (nSPS) is 15.2. The maximum atomic E-state index is 13.3. The highest BCUT2D eigenvalue weighted by atomic mass is 19.1. The van der Waals surface area contributed by atoms with Gasteiger partial charge in [-0.2, -0.15) is 0 Å². The number of hydrogen-bond donors (Lipinski definition) is 2. The molecule has 1 atom stereocenters. The molecule has 0 aliphatic heterocycles. The molecule has 1 amide bonds. The molecule has 1 aliphatic carbocycles. The van der Waals surface area contributed by atoms with Crippen LogP contribution >= 0.6 is 0 Å². The smallest absolute Gasteiger partial charge is 0.254 e. The van der Waals surface area contributed by atoms with Gasteiger partial charge in [0.1, 0.15) is 11.6 Å². The first-order valence-electron chi connectivity index (χ1n) is 9.59. The van der Waals surface area contributed by atoms with Crippen molar-refractivity contribution >= 4 is 5.91 Å². The molecule has 148 valence electrons. The van der Waals surface area contributed by atoms with E-state index in [1.54, 1.807) is 37.5 Å². The third kappa shape index (κ3) is 4.08. The number of H-pyrrole nitrogens is 1. The van der Waals surface area contributed by atoms with Crippen LogP contribution in [0.2, 0.25) is 0 Å². The van der Waals surface area contributed by atoms with Crippen LogP contribution in [0.15, 0.2) is 47.5 Å². The summed E-state index contributed by atoms with van der Waals surface area (Å²) in [5.41, 5.74) is 3.57. The molecule has 1 unspecified atom stereocenters. The number of aromatic amines is 1. The van der Waals surface area contributed by atoms with E-state index in [1.807, 2.05) is 0 Å². The van der Waals surface area contributed by atoms with Gasteiger partial charge in [0.25, 0.3) is 5.56 Å². The van der Waals surface area contributed by atoms with Gasteiger partial charge in [0.05, 0.1) is 6.04 Å². The maximum absolute atomic E-state index is 13.3. The quantitative estimate of drug-likeness (QED) is 0.699. The lowest BCUT2D eigenvalue weighted by Gasteiger charge is -2.14. The SMILES string of the molecule is Cc1nc(-c2ccncc2)[nH]c(=O)c1CCC(=O)NC1CCc2cc(F)ccc21. The molecule has 2 aromatic heterocycles. The van der Waals surface area contributed by atoms with E-state index in [9.17, 15) is 14.0 Å². The third-order valence-corrected chi connectivity index (χ3v) is 5.30. The molecule has 0 saturated carbocycles. The number of carbonyl (C=O) groups is 1. The first kappa shape index (κ1) is 19.0. The van der Waals surface area contributed by atoms with E-state index in [0.717, 1.165) is 29.5 Å². The number of aromatic nitrogens is 3. The summed E-state index contributed by atoms with van der Waals surface area (Å²) >= 11 is 0. The zero-order chi connectivity index (χ0) is 20.4. The lowest BCUT2D eigenvalue weighted by atomic mass is 10.1. The fourth-order valence-electron chi connectivity index (χ4n) is 3.79. The Morgan fingerprint density at radius 1 is 1.28 bits per heavy atom. The second-order valence-electron chi connectivity index (χ2n) is 7.22. The average Bonchev–Trinajstić information content (AvgIpc) is 3.09. The van der Waals surface area contributed by atoms with Crippen LogP contribution in [0.25, 0.3) is 11.4 Å². The Balaban J connectivity index is 1.42. The summed E-state index contributed by atoms with van der Waals surface area (Å²) in [6, 6.07) is 8.12. The number of pyridine rings is 1. The van der Waals surface area contributed by atoms with E-state index in [2.05, 4.69) is 20.3 Å². The number of nitrogens with one attached hydrogen (secondary N) is 2. The molecule has 2 heterocycles. The molecule has 0 bridgehead atoms. The van der Waals surface area contributed by atoms with Crippen molar-refractivity contribution in [1.29, 1.82) is 0 Å². The van der Waals surface area contributed by atoms with Gasteiger partial charge in [0, 0.05) is 35.6 Å². The highest BCUT2D eigenvalue weighted by Gasteiger charge is 2.24. The van der Waals surface area contributed by atoms with Crippen molar-refractivity contribution in [1.82, 2.24) is 20.3 Å². The Morgan fingerprint density at radius 2 is 2.07 bits per heavy atom. The summed E-state index contributed by atoms with van der Waals surface area (Å²) in [6.45, 7) is 1.77. The standard InChI is InChI=1S/C22H21FN4O2/c1-13-17(22(29)27-21(25-13)14-8-10-24-11-9-14)5-7-20(28)26-19-6-2-15-12-16(23)3-4-18(15)19/h3-4,8-12,19H,2,5-7H2,1H3,(H,26,28)(H,25,27,29). The molecule has 7 heteroatoms. The van der Waals surface area contributed by atoms with Crippen molar-refractivity contribution in [2.24, 2.45) is 0 Å². The van der Waals surface area contributed by atoms with Gasteiger partial charge in [-0.3, -0.25) is 14.6 Å². The number of halogens is 1. The highest BCUT2D eigenvalue weighted by Crippen LogP contribution is 2.31. The van der Waals surface area contributed by atoms with E-state index in [1.165, 1.54) is 12.1 Å². The monoisotopic (exact) mass is 392 g/mol. The number of rotatable bonds is 5. The van der Waals surface area contributed by atoms with E-state index >= 15 is 0 Å². The predicted octanol–water partition coefficient (Wildman–Crippen LogP) is 3.02. The topological polar surface area (TPSA) is 87.7 Å².